The zero-order chi connectivity index (χ0) is 23.4. The molecule has 186 valence electrons. The van der Waals surface area contributed by atoms with E-state index in [0.717, 1.165) is 48.1 Å². The number of hydrogen-bond acceptors (Lipinski definition) is 1. The van der Waals surface area contributed by atoms with Gasteiger partial charge in [0, 0.05) is 0 Å². The van der Waals surface area contributed by atoms with Gasteiger partial charge in [-0.05, 0) is 105 Å². The van der Waals surface area contributed by atoms with E-state index >= 15 is 0 Å². The third kappa shape index (κ3) is 6.66. The normalized spacial score (nSPS) is 32.9. The van der Waals surface area contributed by atoms with Gasteiger partial charge < -0.3 is 4.74 Å². The minimum atomic E-state index is -4.87. The number of hydrogen-bond donors (Lipinski definition) is 0. The summed E-state index contributed by atoms with van der Waals surface area (Å²) in [6.45, 7) is 2.28. The van der Waals surface area contributed by atoms with Gasteiger partial charge in [-0.1, -0.05) is 51.5 Å². The van der Waals surface area contributed by atoms with Crippen LogP contribution in [0.15, 0.2) is 18.2 Å². The Morgan fingerprint density at radius 3 is 2.12 bits per heavy atom. The van der Waals surface area contributed by atoms with Crippen LogP contribution in [0.2, 0.25) is 0 Å². The third-order valence-electron chi connectivity index (χ3n) is 9.08. The second kappa shape index (κ2) is 11.0. The van der Waals surface area contributed by atoms with Gasteiger partial charge in [0.15, 0.2) is 11.6 Å². The average molecular weight is 469 g/mol. The SMILES string of the molecule is CCCCCC1CCC(C2CCC3CC(c4ccc(OC(F)(F)F)c(F)c4)CCC3C2)CC1. The van der Waals surface area contributed by atoms with Crippen molar-refractivity contribution in [2.24, 2.45) is 29.6 Å². The summed E-state index contributed by atoms with van der Waals surface area (Å²) in [5.41, 5.74) is 0.823. The highest BCUT2D eigenvalue weighted by molar-refractivity contribution is 5.32. The molecule has 0 N–H and O–H groups in total. The number of fused-ring (bicyclic) bond motifs is 1. The first kappa shape index (κ1) is 24.9. The molecule has 1 aromatic rings. The number of rotatable bonds is 7. The van der Waals surface area contributed by atoms with E-state index in [1.807, 2.05) is 0 Å². The lowest BCUT2D eigenvalue weighted by Gasteiger charge is -2.45. The standard InChI is InChI=1S/C28H40F4O/c1-2-3-4-5-19-6-8-20(9-7-19)21-10-11-23-17-24(13-12-22(23)16-21)25-14-15-27(26(29)18-25)33-28(30,31)32/h14-15,18-24H,2-13,16-17H2,1H3. The summed E-state index contributed by atoms with van der Waals surface area (Å²) in [6.07, 6.45) is 13.5. The molecule has 0 amide bonds. The van der Waals surface area contributed by atoms with Crippen LogP contribution in [0.4, 0.5) is 17.6 Å². The fraction of sp³-hybridized carbons (Fsp3) is 0.786. The molecule has 4 atom stereocenters. The predicted octanol–water partition coefficient (Wildman–Crippen LogP) is 9.41. The Balaban J connectivity index is 1.26. The van der Waals surface area contributed by atoms with Gasteiger partial charge in [-0.15, -0.1) is 13.2 Å². The quantitative estimate of drug-likeness (QED) is 0.286. The van der Waals surface area contributed by atoms with E-state index in [4.69, 9.17) is 0 Å². The first-order valence-corrected chi connectivity index (χ1v) is 13.4. The Hall–Kier alpha value is -1.26. The van der Waals surface area contributed by atoms with Gasteiger partial charge in [-0.3, -0.25) is 0 Å². The van der Waals surface area contributed by atoms with Gasteiger partial charge in [0.25, 0.3) is 0 Å². The second-order valence-corrected chi connectivity index (χ2v) is 11.1. The number of halogens is 4. The molecule has 5 heteroatoms. The van der Waals surface area contributed by atoms with Crippen LogP contribution >= 0.6 is 0 Å². The van der Waals surface area contributed by atoms with Crippen molar-refractivity contribution in [1.29, 1.82) is 0 Å². The fourth-order valence-corrected chi connectivity index (χ4v) is 7.27. The molecular weight excluding hydrogens is 428 g/mol. The molecular formula is C28H40F4O. The third-order valence-corrected chi connectivity index (χ3v) is 9.08. The van der Waals surface area contributed by atoms with Gasteiger partial charge in [0.2, 0.25) is 0 Å². The van der Waals surface area contributed by atoms with E-state index in [-0.39, 0.29) is 5.92 Å². The molecule has 3 saturated carbocycles. The first-order valence-electron chi connectivity index (χ1n) is 13.4. The smallest absolute Gasteiger partial charge is 0.403 e. The number of benzene rings is 1. The Morgan fingerprint density at radius 2 is 1.45 bits per heavy atom. The van der Waals surface area contributed by atoms with Crippen LogP contribution < -0.4 is 4.74 Å². The number of unbranched alkanes of at least 4 members (excludes halogenated alkanes) is 2. The summed E-state index contributed by atoms with van der Waals surface area (Å²) < 4.78 is 55.3. The van der Waals surface area contributed by atoms with E-state index in [9.17, 15) is 17.6 Å². The van der Waals surface area contributed by atoms with Crippen molar-refractivity contribution in [2.45, 2.75) is 109 Å². The molecule has 0 aromatic heterocycles. The molecule has 3 aliphatic carbocycles. The number of ether oxygens (including phenoxy) is 1. The molecule has 3 aliphatic rings. The molecule has 4 rings (SSSR count). The summed E-state index contributed by atoms with van der Waals surface area (Å²) in [4.78, 5) is 0. The maximum absolute atomic E-state index is 14.2. The summed E-state index contributed by atoms with van der Waals surface area (Å²) in [7, 11) is 0. The van der Waals surface area contributed by atoms with Crippen LogP contribution in [0.5, 0.6) is 5.75 Å². The maximum atomic E-state index is 14.2. The summed E-state index contributed by atoms with van der Waals surface area (Å²) in [5.74, 6) is 2.82. The molecule has 33 heavy (non-hydrogen) atoms. The minimum absolute atomic E-state index is 0.246. The molecule has 4 unspecified atom stereocenters. The van der Waals surface area contributed by atoms with Crippen LogP contribution in [0.25, 0.3) is 0 Å². The summed E-state index contributed by atoms with van der Waals surface area (Å²) in [6, 6.07) is 4.02. The van der Waals surface area contributed by atoms with Gasteiger partial charge in [-0.2, -0.15) is 0 Å². The van der Waals surface area contributed by atoms with Crippen LogP contribution in [-0.4, -0.2) is 6.36 Å². The maximum Gasteiger partial charge on any atom is 0.573 e. The first-order chi connectivity index (χ1) is 15.8. The van der Waals surface area contributed by atoms with E-state index in [1.165, 1.54) is 83.1 Å². The molecule has 0 bridgehead atoms. The molecule has 3 fully saturated rings. The molecule has 0 aliphatic heterocycles. The van der Waals surface area contributed by atoms with Crippen LogP contribution in [0.3, 0.4) is 0 Å². The van der Waals surface area contributed by atoms with Crippen molar-refractivity contribution in [1.82, 2.24) is 0 Å². The van der Waals surface area contributed by atoms with E-state index in [1.54, 1.807) is 6.07 Å². The highest BCUT2D eigenvalue weighted by Gasteiger charge is 2.39. The average Bonchev–Trinajstić information content (AvgIpc) is 2.79. The second-order valence-electron chi connectivity index (χ2n) is 11.1. The van der Waals surface area contributed by atoms with Gasteiger partial charge >= 0.3 is 6.36 Å². The minimum Gasteiger partial charge on any atom is -0.403 e. The highest BCUT2D eigenvalue weighted by atomic mass is 19.4. The van der Waals surface area contributed by atoms with Crippen molar-refractivity contribution < 1.29 is 22.3 Å². The molecule has 0 heterocycles. The van der Waals surface area contributed by atoms with Crippen LogP contribution in [0, 0.1) is 35.4 Å². The van der Waals surface area contributed by atoms with Gasteiger partial charge in [-0.25, -0.2) is 4.39 Å². The van der Waals surface area contributed by atoms with Crippen molar-refractivity contribution >= 4 is 0 Å². The van der Waals surface area contributed by atoms with Crippen LogP contribution in [0.1, 0.15) is 108 Å². The van der Waals surface area contributed by atoms with Crippen molar-refractivity contribution in [3.05, 3.63) is 29.6 Å². The topological polar surface area (TPSA) is 9.23 Å². The zero-order valence-electron chi connectivity index (χ0n) is 20.0. The van der Waals surface area contributed by atoms with E-state index in [2.05, 4.69) is 11.7 Å². The Bertz CT molecular complexity index is 753. The molecule has 0 radical (unpaired) electrons. The van der Waals surface area contributed by atoms with E-state index < -0.39 is 17.9 Å². The highest BCUT2D eigenvalue weighted by Crippen LogP contribution is 2.51. The Morgan fingerprint density at radius 1 is 0.818 bits per heavy atom. The van der Waals surface area contributed by atoms with Crippen molar-refractivity contribution in [2.75, 3.05) is 0 Å². The lowest BCUT2D eigenvalue weighted by atomic mass is 9.60. The zero-order valence-corrected chi connectivity index (χ0v) is 20.0. The van der Waals surface area contributed by atoms with Crippen LogP contribution in [-0.2, 0) is 0 Å². The molecule has 0 saturated heterocycles. The lowest BCUT2D eigenvalue weighted by molar-refractivity contribution is -0.275. The Labute approximate surface area is 196 Å². The largest absolute Gasteiger partial charge is 0.573 e. The molecule has 1 aromatic carbocycles. The monoisotopic (exact) mass is 468 g/mol. The van der Waals surface area contributed by atoms with Crippen molar-refractivity contribution in [3.63, 3.8) is 0 Å². The van der Waals surface area contributed by atoms with Gasteiger partial charge in [0.05, 0.1) is 0 Å². The lowest BCUT2D eigenvalue weighted by Crippen LogP contribution is -2.34. The Kier molecular flexibility index (Phi) is 8.28. The van der Waals surface area contributed by atoms with E-state index in [0.29, 0.717) is 5.92 Å². The molecule has 1 nitrogen and oxygen atoms in total. The number of alkyl halides is 3. The van der Waals surface area contributed by atoms with Gasteiger partial charge in [0.1, 0.15) is 0 Å². The fourth-order valence-electron chi connectivity index (χ4n) is 7.27. The summed E-state index contributed by atoms with van der Waals surface area (Å²) in [5, 5.41) is 0. The predicted molar refractivity (Wildman–Crippen MR) is 124 cm³/mol. The molecule has 0 spiro atoms. The van der Waals surface area contributed by atoms with Crippen molar-refractivity contribution in [3.8, 4) is 5.75 Å². The summed E-state index contributed by atoms with van der Waals surface area (Å²) >= 11 is 0.